The molecule has 0 unspecified atom stereocenters. The summed E-state index contributed by atoms with van der Waals surface area (Å²) in [6, 6.07) is 0. The molecule has 1 saturated carbocycles. The first-order chi connectivity index (χ1) is 12.2. The summed E-state index contributed by atoms with van der Waals surface area (Å²) in [6.45, 7) is 0.0607. The van der Waals surface area contributed by atoms with E-state index < -0.39 is 24.2 Å². The number of hydrogen-bond donors (Lipinski definition) is 2. The summed E-state index contributed by atoms with van der Waals surface area (Å²) >= 11 is 0. The summed E-state index contributed by atoms with van der Waals surface area (Å²) in [5.74, 6) is -0.408. The van der Waals surface area contributed by atoms with E-state index in [1.54, 1.807) is 5.32 Å². The average molecular weight is 376 g/mol. The maximum atomic E-state index is 12.1. The molecule has 0 aliphatic heterocycles. The Morgan fingerprint density at radius 1 is 1.19 bits per heavy atom. The van der Waals surface area contributed by atoms with Gasteiger partial charge in [0.1, 0.15) is 12.1 Å². The van der Waals surface area contributed by atoms with Gasteiger partial charge in [0.15, 0.2) is 5.82 Å². The van der Waals surface area contributed by atoms with E-state index in [2.05, 4.69) is 15.5 Å². The fourth-order valence-corrected chi connectivity index (χ4v) is 3.13. The number of aromatic nitrogens is 2. The molecule has 1 heterocycles. The van der Waals surface area contributed by atoms with E-state index >= 15 is 0 Å². The van der Waals surface area contributed by atoms with Crippen molar-refractivity contribution in [2.75, 3.05) is 6.54 Å². The quantitative estimate of drug-likeness (QED) is 0.743. The first-order valence-corrected chi connectivity index (χ1v) is 8.65. The highest BCUT2D eigenvalue weighted by atomic mass is 19.4. The van der Waals surface area contributed by atoms with Gasteiger partial charge in [-0.1, -0.05) is 30.8 Å². The monoisotopic (exact) mass is 376 g/mol. The number of aryl methyl sites for hydroxylation is 1. The van der Waals surface area contributed by atoms with Gasteiger partial charge in [-0.05, 0) is 12.8 Å². The van der Waals surface area contributed by atoms with E-state index in [1.807, 2.05) is 0 Å². The zero-order valence-corrected chi connectivity index (χ0v) is 14.6. The largest absolute Gasteiger partial charge is 0.405 e. The highest BCUT2D eigenvalue weighted by Gasteiger charge is 2.38. The number of carbonyl (C=O) groups is 2. The van der Waals surface area contributed by atoms with Crippen LogP contribution in [0, 0.1) is 0 Å². The van der Waals surface area contributed by atoms with Gasteiger partial charge in [0.2, 0.25) is 17.7 Å². The molecule has 146 valence electrons. The summed E-state index contributed by atoms with van der Waals surface area (Å²) in [6.07, 6.45) is 0.745. The van der Waals surface area contributed by atoms with Crippen LogP contribution in [0.25, 0.3) is 0 Å². The molecule has 7 nitrogen and oxygen atoms in total. The highest BCUT2D eigenvalue weighted by molar-refractivity contribution is 5.76. The standard InChI is InChI=1S/C16H23F3N4O3/c1-11(24)22-15(8-4-2-3-5-9-15)14-21-13(26-23-14)7-6-12(25)20-10-16(17,18)19/h2-10H2,1H3,(H,20,25)(H,22,24). The number of halogens is 3. The Morgan fingerprint density at radius 3 is 2.42 bits per heavy atom. The third-order valence-corrected chi connectivity index (χ3v) is 4.32. The van der Waals surface area contributed by atoms with Crippen LogP contribution in [0.4, 0.5) is 13.2 Å². The van der Waals surface area contributed by atoms with Gasteiger partial charge in [-0.15, -0.1) is 0 Å². The van der Waals surface area contributed by atoms with Crippen molar-refractivity contribution < 1.29 is 27.3 Å². The van der Waals surface area contributed by atoms with E-state index in [-0.39, 0.29) is 24.6 Å². The molecule has 1 aromatic heterocycles. The summed E-state index contributed by atoms with van der Waals surface area (Å²) < 4.78 is 41.4. The Morgan fingerprint density at radius 2 is 1.85 bits per heavy atom. The number of nitrogens with one attached hydrogen (secondary N) is 2. The molecule has 1 aliphatic rings. The van der Waals surface area contributed by atoms with Crippen LogP contribution in [0.1, 0.15) is 63.6 Å². The zero-order valence-electron chi connectivity index (χ0n) is 14.6. The predicted molar refractivity (Wildman–Crippen MR) is 84.9 cm³/mol. The minimum Gasteiger partial charge on any atom is -0.347 e. The third-order valence-electron chi connectivity index (χ3n) is 4.32. The second-order valence-electron chi connectivity index (χ2n) is 6.58. The molecule has 2 rings (SSSR count). The highest BCUT2D eigenvalue weighted by Crippen LogP contribution is 2.34. The van der Waals surface area contributed by atoms with E-state index in [1.165, 1.54) is 6.92 Å². The second kappa shape index (κ2) is 8.50. The molecule has 10 heteroatoms. The van der Waals surface area contributed by atoms with Crippen LogP contribution < -0.4 is 10.6 Å². The van der Waals surface area contributed by atoms with Gasteiger partial charge >= 0.3 is 6.18 Å². The summed E-state index contributed by atoms with van der Waals surface area (Å²) in [5.41, 5.74) is -0.692. The number of alkyl halides is 3. The third kappa shape index (κ3) is 5.99. The van der Waals surface area contributed by atoms with Gasteiger partial charge in [0.25, 0.3) is 0 Å². The molecule has 2 N–H and O–H groups in total. The van der Waals surface area contributed by atoms with Crippen LogP contribution in [0.3, 0.4) is 0 Å². The molecule has 0 bridgehead atoms. The lowest BCUT2D eigenvalue weighted by molar-refractivity contribution is -0.138. The smallest absolute Gasteiger partial charge is 0.347 e. The summed E-state index contributed by atoms with van der Waals surface area (Å²) in [5, 5.41) is 8.69. The molecular weight excluding hydrogens is 353 g/mol. The Balaban J connectivity index is 1.99. The van der Waals surface area contributed by atoms with E-state index in [0.29, 0.717) is 18.7 Å². The van der Waals surface area contributed by atoms with Crippen molar-refractivity contribution in [3.63, 3.8) is 0 Å². The van der Waals surface area contributed by atoms with Crippen molar-refractivity contribution in [2.45, 2.75) is 70.0 Å². The molecule has 26 heavy (non-hydrogen) atoms. The van der Waals surface area contributed by atoms with Crippen LogP contribution in [0.15, 0.2) is 4.52 Å². The minimum atomic E-state index is -4.45. The van der Waals surface area contributed by atoms with E-state index in [9.17, 15) is 22.8 Å². The van der Waals surface area contributed by atoms with Crippen molar-refractivity contribution in [1.29, 1.82) is 0 Å². The molecule has 1 aromatic rings. The fraction of sp³-hybridized carbons (Fsp3) is 0.750. The molecule has 2 amide bonds. The Kier molecular flexibility index (Phi) is 6.60. The predicted octanol–water partition coefficient (Wildman–Crippen LogP) is 2.37. The molecule has 1 aliphatic carbocycles. The summed E-state index contributed by atoms with van der Waals surface area (Å²) in [4.78, 5) is 27.4. The summed E-state index contributed by atoms with van der Waals surface area (Å²) in [7, 11) is 0. The maximum absolute atomic E-state index is 12.1. The van der Waals surface area contributed by atoms with Crippen molar-refractivity contribution in [1.82, 2.24) is 20.8 Å². The number of nitrogens with zero attached hydrogens (tertiary/aromatic N) is 2. The van der Waals surface area contributed by atoms with Gasteiger partial charge in [0, 0.05) is 19.8 Å². The average Bonchev–Trinajstić information content (AvgIpc) is 2.91. The zero-order chi connectivity index (χ0) is 19.2. The van der Waals surface area contributed by atoms with E-state index in [4.69, 9.17) is 4.52 Å². The molecule has 0 saturated heterocycles. The fourth-order valence-electron chi connectivity index (χ4n) is 3.13. The lowest BCUT2D eigenvalue weighted by atomic mass is 9.89. The first-order valence-electron chi connectivity index (χ1n) is 8.65. The topological polar surface area (TPSA) is 97.1 Å². The minimum absolute atomic E-state index is 0.0346. The number of hydrogen-bond acceptors (Lipinski definition) is 5. The SMILES string of the molecule is CC(=O)NC1(c2noc(CCC(=O)NCC(F)(F)F)n2)CCCCCC1. The van der Waals surface area contributed by atoms with E-state index in [0.717, 1.165) is 25.7 Å². The molecule has 0 radical (unpaired) electrons. The van der Waals surface area contributed by atoms with Crippen molar-refractivity contribution in [2.24, 2.45) is 0 Å². The van der Waals surface area contributed by atoms with Gasteiger partial charge in [-0.25, -0.2) is 0 Å². The Bertz CT molecular complexity index is 623. The van der Waals surface area contributed by atoms with Crippen LogP contribution in [0.2, 0.25) is 0 Å². The Hall–Kier alpha value is -2.13. The van der Waals surface area contributed by atoms with Crippen molar-refractivity contribution in [3.8, 4) is 0 Å². The van der Waals surface area contributed by atoms with Crippen LogP contribution in [-0.2, 0) is 21.5 Å². The second-order valence-corrected chi connectivity index (χ2v) is 6.58. The molecule has 0 aromatic carbocycles. The van der Waals surface area contributed by atoms with Gasteiger partial charge in [0.05, 0.1) is 0 Å². The number of amides is 2. The molecular formula is C16H23F3N4O3. The van der Waals surface area contributed by atoms with Gasteiger partial charge < -0.3 is 15.2 Å². The van der Waals surface area contributed by atoms with Gasteiger partial charge in [-0.3, -0.25) is 9.59 Å². The maximum Gasteiger partial charge on any atom is 0.405 e. The normalized spacial score (nSPS) is 17.4. The van der Waals surface area contributed by atoms with Crippen LogP contribution in [-0.4, -0.2) is 34.7 Å². The van der Waals surface area contributed by atoms with Gasteiger partial charge in [-0.2, -0.15) is 18.2 Å². The lowest BCUT2D eigenvalue weighted by Crippen LogP contribution is -2.45. The molecule has 1 fully saturated rings. The van der Waals surface area contributed by atoms with Crippen LogP contribution >= 0.6 is 0 Å². The first kappa shape index (κ1) is 20.2. The lowest BCUT2D eigenvalue weighted by Gasteiger charge is -2.30. The molecule has 0 spiro atoms. The van der Waals surface area contributed by atoms with Crippen molar-refractivity contribution >= 4 is 11.8 Å². The Labute approximate surface area is 149 Å². The van der Waals surface area contributed by atoms with Crippen LogP contribution in [0.5, 0.6) is 0 Å². The number of rotatable bonds is 6. The van der Waals surface area contributed by atoms with Crippen molar-refractivity contribution in [3.05, 3.63) is 11.7 Å². The number of carbonyl (C=O) groups excluding carboxylic acids is 2. The molecule has 0 atom stereocenters.